The van der Waals surface area contributed by atoms with Crippen LogP contribution in [0.15, 0.2) is 54.6 Å². The van der Waals surface area contributed by atoms with Crippen LogP contribution in [0.3, 0.4) is 0 Å². The van der Waals surface area contributed by atoms with Crippen molar-refractivity contribution in [3.63, 3.8) is 0 Å². The van der Waals surface area contributed by atoms with Crippen LogP contribution in [0, 0.1) is 6.92 Å². The maximum Gasteiger partial charge on any atom is 0.125 e. The van der Waals surface area contributed by atoms with E-state index in [1.807, 2.05) is 18.2 Å². The highest BCUT2D eigenvalue weighted by molar-refractivity contribution is 5.29. The van der Waals surface area contributed by atoms with E-state index >= 15 is 0 Å². The van der Waals surface area contributed by atoms with E-state index in [4.69, 9.17) is 4.74 Å². The van der Waals surface area contributed by atoms with Crippen LogP contribution < -0.4 is 10.1 Å². The molecule has 1 atom stereocenters. The number of nitrogens with one attached hydrogen (secondary N) is 1. The molecule has 0 saturated heterocycles. The number of benzene rings is 2. The molecule has 0 aliphatic heterocycles. The van der Waals surface area contributed by atoms with Gasteiger partial charge in [0.2, 0.25) is 0 Å². The first kappa shape index (κ1) is 15.6. The van der Waals surface area contributed by atoms with Gasteiger partial charge in [0.15, 0.2) is 0 Å². The van der Waals surface area contributed by atoms with Gasteiger partial charge in [-0.3, -0.25) is 0 Å². The van der Waals surface area contributed by atoms with Crippen LogP contribution >= 0.6 is 0 Å². The fourth-order valence-corrected chi connectivity index (χ4v) is 2.32. The molecule has 0 aliphatic rings. The van der Waals surface area contributed by atoms with Crippen molar-refractivity contribution in [2.75, 3.05) is 6.54 Å². The fraction of sp³-hybridized carbons (Fsp3) is 0.368. The van der Waals surface area contributed by atoms with Gasteiger partial charge < -0.3 is 10.1 Å². The summed E-state index contributed by atoms with van der Waals surface area (Å²) >= 11 is 0. The molecule has 0 saturated carbocycles. The molecule has 1 N–H and O–H groups in total. The summed E-state index contributed by atoms with van der Waals surface area (Å²) in [6.07, 6.45) is 1.04. The average Bonchev–Trinajstić information content (AvgIpc) is 2.47. The molecule has 2 aromatic rings. The Morgan fingerprint density at radius 1 is 1.00 bits per heavy atom. The lowest BCUT2D eigenvalue weighted by molar-refractivity contribution is 0.193. The molecule has 0 amide bonds. The molecule has 2 rings (SSSR count). The van der Waals surface area contributed by atoms with E-state index in [9.17, 15) is 0 Å². The Kier molecular flexibility index (Phi) is 5.82. The lowest BCUT2D eigenvalue weighted by Gasteiger charge is -2.21. The van der Waals surface area contributed by atoms with Crippen molar-refractivity contribution in [1.82, 2.24) is 5.32 Å². The molecule has 0 bridgehead atoms. The second-order valence-corrected chi connectivity index (χ2v) is 5.73. The molecule has 1 unspecified atom stereocenters. The Morgan fingerprint density at radius 2 is 1.76 bits per heavy atom. The topological polar surface area (TPSA) is 21.3 Å². The third kappa shape index (κ3) is 5.24. The minimum Gasteiger partial charge on any atom is -0.486 e. The van der Waals surface area contributed by atoms with Gasteiger partial charge in [0.25, 0.3) is 0 Å². The minimum atomic E-state index is 0.0826. The highest BCUT2D eigenvalue weighted by atomic mass is 16.5. The van der Waals surface area contributed by atoms with Crippen molar-refractivity contribution in [3.05, 3.63) is 65.7 Å². The van der Waals surface area contributed by atoms with Gasteiger partial charge in [-0.15, -0.1) is 0 Å². The summed E-state index contributed by atoms with van der Waals surface area (Å²) in [6.45, 7) is 7.37. The van der Waals surface area contributed by atoms with Crippen LogP contribution in [0.25, 0.3) is 0 Å². The first-order chi connectivity index (χ1) is 10.1. The molecule has 0 spiro atoms. The number of aryl methyl sites for hydroxylation is 1. The van der Waals surface area contributed by atoms with Crippen LogP contribution in [0.2, 0.25) is 0 Å². The summed E-state index contributed by atoms with van der Waals surface area (Å²) in [5.41, 5.74) is 2.45. The molecule has 2 aromatic carbocycles. The molecular weight excluding hydrogens is 258 g/mol. The van der Waals surface area contributed by atoms with E-state index in [2.05, 4.69) is 62.5 Å². The highest BCUT2D eigenvalue weighted by Gasteiger charge is 2.13. The highest BCUT2D eigenvalue weighted by Crippen LogP contribution is 2.25. The predicted octanol–water partition coefficient (Wildman–Crippen LogP) is 4.50. The van der Waals surface area contributed by atoms with Gasteiger partial charge in [-0.25, -0.2) is 0 Å². The van der Waals surface area contributed by atoms with Crippen LogP contribution in [-0.4, -0.2) is 12.6 Å². The van der Waals surface area contributed by atoms with Gasteiger partial charge >= 0.3 is 0 Å². The molecule has 21 heavy (non-hydrogen) atoms. The molecule has 0 radical (unpaired) electrons. The largest absolute Gasteiger partial charge is 0.486 e. The van der Waals surface area contributed by atoms with Crippen molar-refractivity contribution in [2.24, 2.45) is 0 Å². The van der Waals surface area contributed by atoms with Gasteiger partial charge in [-0.05, 0) is 36.7 Å². The molecule has 112 valence electrons. The monoisotopic (exact) mass is 283 g/mol. The van der Waals surface area contributed by atoms with Crippen molar-refractivity contribution in [2.45, 2.75) is 39.3 Å². The quantitative estimate of drug-likeness (QED) is 0.807. The Labute approximate surface area is 128 Å². The molecule has 0 heterocycles. The second kappa shape index (κ2) is 7.84. The van der Waals surface area contributed by atoms with Gasteiger partial charge in [0, 0.05) is 12.5 Å². The third-order valence-electron chi connectivity index (χ3n) is 3.40. The second-order valence-electron chi connectivity index (χ2n) is 5.73. The van der Waals surface area contributed by atoms with Crippen LogP contribution in [0.4, 0.5) is 0 Å². The van der Waals surface area contributed by atoms with E-state index < -0.39 is 0 Å². The first-order valence-electron chi connectivity index (χ1n) is 7.67. The smallest absolute Gasteiger partial charge is 0.125 e. The van der Waals surface area contributed by atoms with Gasteiger partial charge in [-0.1, -0.05) is 56.3 Å². The Balaban J connectivity index is 2.08. The van der Waals surface area contributed by atoms with Gasteiger partial charge in [0.05, 0.1) is 0 Å². The molecule has 2 heteroatoms. The number of hydrogen-bond acceptors (Lipinski definition) is 2. The first-order valence-corrected chi connectivity index (χ1v) is 7.67. The number of ether oxygens (including phenoxy) is 1. The van der Waals surface area contributed by atoms with Crippen LogP contribution in [0.1, 0.15) is 37.5 Å². The standard InChI is InChI=1S/C19H25NO/c1-15(2)20-13-12-19(17-9-5-4-6-10-17)21-18-11-7-8-16(3)14-18/h4-11,14-15,19-20H,12-13H2,1-3H3. The van der Waals surface area contributed by atoms with Crippen molar-refractivity contribution in [3.8, 4) is 5.75 Å². The summed E-state index contributed by atoms with van der Waals surface area (Å²) in [4.78, 5) is 0. The summed E-state index contributed by atoms with van der Waals surface area (Å²) in [7, 11) is 0. The number of rotatable bonds is 7. The SMILES string of the molecule is Cc1cccc(OC(CCNC(C)C)c2ccccc2)c1. The zero-order valence-electron chi connectivity index (χ0n) is 13.2. The Bertz CT molecular complexity index is 536. The Hall–Kier alpha value is -1.80. The normalized spacial score (nSPS) is 12.4. The average molecular weight is 283 g/mol. The lowest BCUT2D eigenvalue weighted by Crippen LogP contribution is -2.26. The summed E-state index contributed by atoms with van der Waals surface area (Å²) < 4.78 is 6.22. The predicted molar refractivity (Wildman–Crippen MR) is 88.7 cm³/mol. The van der Waals surface area contributed by atoms with E-state index in [0.29, 0.717) is 6.04 Å². The summed E-state index contributed by atoms with van der Waals surface area (Å²) in [5, 5.41) is 3.46. The minimum absolute atomic E-state index is 0.0826. The van der Waals surface area contributed by atoms with E-state index in [-0.39, 0.29) is 6.10 Å². The van der Waals surface area contributed by atoms with Crippen LogP contribution in [-0.2, 0) is 0 Å². The Morgan fingerprint density at radius 3 is 2.43 bits per heavy atom. The fourth-order valence-electron chi connectivity index (χ4n) is 2.32. The van der Waals surface area contributed by atoms with E-state index in [1.165, 1.54) is 11.1 Å². The van der Waals surface area contributed by atoms with Gasteiger partial charge in [0.1, 0.15) is 11.9 Å². The molecule has 2 nitrogen and oxygen atoms in total. The molecule has 0 fully saturated rings. The third-order valence-corrected chi connectivity index (χ3v) is 3.40. The molecule has 0 aromatic heterocycles. The van der Waals surface area contributed by atoms with E-state index in [0.717, 1.165) is 18.7 Å². The zero-order chi connectivity index (χ0) is 15.1. The van der Waals surface area contributed by atoms with E-state index in [1.54, 1.807) is 0 Å². The van der Waals surface area contributed by atoms with Crippen molar-refractivity contribution >= 4 is 0 Å². The molecular formula is C19H25NO. The maximum absolute atomic E-state index is 6.22. The molecule has 0 aliphatic carbocycles. The van der Waals surface area contributed by atoms with Crippen molar-refractivity contribution < 1.29 is 4.74 Å². The number of hydrogen-bond donors (Lipinski definition) is 1. The van der Waals surface area contributed by atoms with Gasteiger partial charge in [-0.2, -0.15) is 0 Å². The van der Waals surface area contributed by atoms with Crippen molar-refractivity contribution in [1.29, 1.82) is 0 Å². The van der Waals surface area contributed by atoms with Crippen LogP contribution in [0.5, 0.6) is 5.75 Å². The summed E-state index contributed by atoms with van der Waals surface area (Å²) in [6, 6.07) is 19.2. The zero-order valence-corrected chi connectivity index (χ0v) is 13.2. The maximum atomic E-state index is 6.22. The summed E-state index contributed by atoms with van der Waals surface area (Å²) in [5.74, 6) is 0.938. The lowest BCUT2D eigenvalue weighted by atomic mass is 10.1.